The Morgan fingerprint density at radius 2 is 1.24 bits per heavy atom. The summed E-state index contributed by atoms with van der Waals surface area (Å²) in [5, 5.41) is 2.90. The second-order valence-electron chi connectivity index (χ2n) is 10.00. The van der Waals surface area contributed by atoms with Crippen LogP contribution in [0.5, 0.6) is 11.5 Å². The number of hydrogen-bond acceptors (Lipinski definition) is 5. The molecule has 1 atom stereocenters. The molecule has 4 aromatic rings. The van der Waals surface area contributed by atoms with Crippen LogP contribution in [0.3, 0.4) is 0 Å². The van der Waals surface area contributed by atoms with Crippen molar-refractivity contribution in [1.29, 1.82) is 0 Å². The second kappa shape index (κ2) is 13.2. The summed E-state index contributed by atoms with van der Waals surface area (Å²) in [6.45, 7) is 4.31. The molecular weight excluding hydrogens is 514 g/mol. The molecule has 1 saturated heterocycles. The third kappa shape index (κ3) is 6.58. The molecule has 0 aliphatic carbocycles. The van der Waals surface area contributed by atoms with Gasteiger partial charge in [0.05, 0.1) is 24.4 Å². The van der Waals surface area contributed by atoms with Gasteiger partial charge in [0.2, 0.25) is 0 Å². The fraction of sp³-hybridized carbons (Fsp3) is 0.235. The van der Waals surface area contributed by atoms with Crippen LogP contribution in [0, 0.1) is 0 Å². The van der Waals surface area contributed by atoms with Crippen molar-refractivity contribution in [2.24, 2.45) is 0 Å². The van der Waals surface area contributed by atoms with Crippen LogP contribution >= 0.6 is 0 Å². The van der Waals surface area contributed by atoms with Crippen LogP contribution in [0.15, 0.2) is 109 Å². The number of hydrogen-bond donors (Lipinski definition) is 1. The van der Waals surface area contributed by atoms with Crippen LogP contribution in [0.1, 0.15) is 34.5 Å². The van der Waals surface area contributed by atoms with Crippen molar-refractivity contribution in [1.82, 2.24) is 9.80 Å². The van der Waals surface area contributed by atoms with Crippen LogP contribution in [0.2, 0.25) is 0 Å². The topological polar surface area (TPSA) is 71.1 Å². The molecule has 1 aliphatic heterocycles. The Hall–Kier alpha value is -4.62. The van der Waals surface area contributed by atoms with Crippen molar-refractivity contribution in [2.75, 3.05) is 38.6 Å². The van der Waals surface area contributed by atoms with E-state index in [9.17, 15) is 9.59 Å². The third-order valence-electron chi connectivity index (χ3n) is 7.35. The molecular formula is C34H35N3O4. The van der Waals surface area contributed by atoms with Crippen molar-refractivity contribution in [2.45, 2.75) is 19.1 Å². The van der Waals surface area contributed by atoms with E-state index in [0.717, 1.165) is 13.1 Å². The van der Waals surface area contributed by atoms with Gasteiger partial charge in [-0.3, -0.25) is 14.5 Å². The van der Waals surface area contributed by atoms with Crippen molar-refractivity contribution >= 4 is 17.5 Å². The highest BCUT2D eigenvalue weighted by molar-refractivity contribution is 6.04. The molecule has 41 heavy (non-hydrogen) atoms. The van der Waals surface area contributed by atoms with Gasteiger partial charge in [-0.2, -0.15) is 0 Å². The maximum absolute atomic E-state index is 13.7. The Morgan fingerprint density at radius 3 is 1.85 bits per heavy atom. The van der Waals surface area contributed by atoms with E-state index in [4.69, 9.17) is 9.47 Å². The largest absolute Gasteiger partial charge is 0.493 e. The van der Waals surface area contributed by atoms with E-state index < -0.39 is 6.10 Å². The van der Waals surface area contributed by atoms with Crippen molar-refractivity contribution in [3.05, 3.63) is 126 Å². The number of ether oxygens (including phenoxy) is 2. The molecule has 1 unspecified atom stereocenters. The first kappa shape index (κ1) is 27.9. The minimum absolute atomic E-state index is 0.102. The van der Waals surface area contributed by atoms with E-state index in [2.05, 4.69) is 58.7 Å². The molecule has 0 spiro atoms. The molecule has 2 amide bonds. The summed E-state index contributed by atoms with van der Waals surface area (Å²) in [4.78, 5) is 31.0. The van der Waals surface area contributed by atoms with Crippen LogP contribution in [0.25, 0.3) is 0 Å². The number of anilines is 1. The number of methoxy groups -OCH3 is 1. The number of carbonyl (C=O) groups is 2. The quantitative estimate of drug-likeness (QED) is 0.292. The third-order valence-corrected chi connectivity index (χ3v) is 7.35. The molecule has 7 heteroatoms. The van der Waals surface area contributed by atoms with Gasteiger partial charge >= 0.3 is 0 Å². The predicted molar refractivity (Wildman–Crippen MR) is 160 cm³/mol. The van der Waals surface area contributed by atoms with Crippen LogP contribution in [-0.2, 0) is 4.79 Å². The number of amides is 2. The van der Waals surface area contributed by atoms with E-state index in [-0.39, 0.29) is 17.9 Å². The fourth-order valence-electron chi connectivity index (χ4n) is 5.21. The summed E-state index contributed by atoms with van der Waals surface area (Å²) in [5.41, 5.74) is 3.39. The highest BCUT2D eigenvalue weighted by Crippen LogP contribution is 2.30. The smallest absolute Gasteiger partial charge is 0.265 e. The SMILES string of the molecule is COc1ccccc1OC(C)C(=O)Nc1ccccc1C(=O)N1CCN(C(c2ccccc2)c2ccccc2)CC1. The molecule has 0 bridgehead atoms. The Balaban J connectivity index is 1.26. The number of piperazine rings is 1. The first-order valence-corrected chi connectivity index (χ1v) is 13.9. The molecule has 1 fully saturated rings. The van der Waals surface area contributed by atoms with Gasteiger partial charge in [0.25, 0.3) is 11.8 Å². The van der Waals surface area contributed by atoms with Gasteiger partial charge in [-0.05, 0) is 42.3 Å². The lowest BCUT2D eigenvalue weighted by Gasteiger charge is -2.40. The van der Waals surface area contributed by atoms with Crippen molar-refractivity contribution in [3.63, 3.8) is 0 Å². The Kier molecular flexibility index (Phi) is 8.96. The zero-order chi connectivity index (χ0) is 28.6. The molecule has 0 radical (unpaired) electrons. The molecule has 5 rings (SSSR count). The average molecular weight is 550 g/mol. The van der Waals surface area contributed by atoms with Crippen molar-refractivity contribution in [3.8, 4) is 11.5 Å². The standard InChI is InChI=1S/C34H35N3O4/c1-25(41-31-20-12-11-19-30(31)40-2)33(38)35-29-18-10-9-17-28(29)34(39)37-23-21-36(22-24-37)32(26-13-5-3-6-14-26)27-15-7-4-8-16-27/h3-20,25,32H,21-24H2,1-2H3,(H,35,38). The summed E-state index contributed by atoms with van der Waals surface area (Å²) in [6.07, 6.45) is -0.800. The second-order valence-corrected chi connectivity index (χ2v) is 10.00. The first-order chi connectivity index (χ1) is 20.0. The molecule has 0 aromatic heterocycles. The lowest BCUT2D eigenvalue weighted by molar-refractivity contribution is -0.122. The van der Waals surface area contributed by atoms with Gasteiger partial charge in [-0.25, -0.2) is 0 Å². The van der Waals surface area contributed by atoms with Crippen LogP contribution in [-0.4, -0.2) is 61.0 Å². The Morgan fingerprint density at radius 1 is 0.707 bits per heavy atom. The number of rotatable bonds is 9. The van der Waals surface area contributed by atoms with Gasteiger partial charge in [-0.15, -0.1) is 0 Å². The lowest BCUT2D eigenvalue weighted by Crippen LogP contribution is -2.50. The van der Waals surface area contributed by atoms with E-state index in [1.807, 2.05) is 35.2 Å². The van der Waals surface area contributed by atoms with E-state index in [0.29, 0.717) is 35.8 Å². The minimum Gasteiger partial charge on any atom is -0.493 e. The minimum atomic E-state index is -0.800. The predicted octanol–water partition coefficient (Wildman–Crippen LogP) is 5.65. The molecule has 4 aromatic carbocycles. The number of nitrogens with zero attached hydrogens (tertiary/aromatic N) is 2. The average Bonchev–Trinajstić information content (AvgIpc) is 3.03. The monoisotopic (exact) mass is 549 g/mol. The number of para-hydroxylation sites is 3. The fourth-order valence-corrected chi connectivity index (χ4v) is 5.21. The number of nitrogens with one attached hydrogen (secondary N) is 1. The summed E-state index contributed by atoms with van der Waals surface area (Å²) < 4.78 is 11.2. The van der Waals surface area contributed by atoms with Crippen LogP contribution < -0.4 is 14.8 Å². The number of carbonyl (C=O) groups excluding carboxylic acids is 2. The molecule has 0 saturated carbocycles. The summed E-state index contributed by atoms with van der Waals surface area (Å²) in [7, 11) is 1.55. The lowest BCUT2D eigenvalue weighted by atomic mass is 9.96. The number of benzene rings is 4. The van der Waals surface area contributed by atoms with Crippen molar-refractivity contribution < 1.29 is 19.1 Å². The Labute approximate surface area is 241 Å². The molecule has 1 aliphatic rings. The Bertz CT molecular complexity index is 1410. The normalized spacial score (nSPS) is 14.4. The highest BCUT2D eigenvalue weighted by atomic mass is 16.5. The van der Waals surface area contributed by atoms with Gasteiger partial charge < -0.3 is 19.7 Å². The zero-order valence-electron chi connectivity index (χ0n) is 23.4. The van der Waals surface area contributed by atoms with Gasteiger partial charge in [-0.1, -0.05) is 84.9 Å². The van der Waals surface area contributed by atoms with Crippen LogP contribution in [0.4, 0.5) is 5.69 Å². The first-order valence-electron chi connectivity index (χ1n) is 13.9. The van der Waals surface area contributed by atoms with Gasteiger partial charge in [0.1, 0.15) is 0 Å². The van der Waals surface area contributed by atoms with E-state index in [1.54, 1.807) is 44.4 Å². The molecule has 7 nitrogen and oxygen atoms in total. The zero-order valence-corrected chi connectivity index (χ0v) is 23.4. The summed E-state index contributed by atoms with van der Waals surface area (Å²) in [5.74, 6) is 0.567. The summed E-state index contributed by atoms with van der Waals surface area (Å²) in [6, 6.07) is 35.4. The highest BCUT2D eigenvalue weighted by Gasteiger charge is 2.29. The van der Waals surface area contributed by atoms with E-state index >= 15 is 0 Å². The van der Waals surface area contributed by atoms with Gasteiger partial charge in [0, 0.05) is 26.2 Å². The molecule has 1 heterocycles. The molecule has 1 N–H and O–H groups in total. The molecule has 210 valence electrons. The maximum atomic E-state index is 13.7. The van der Waals surface area contributed by atoms with E-state index in [1.165, 1.54) is 11.1 Å². The summed E-state index contributed by atoms with van der Waals surface area (Å²) >= 11 is 0. The maximum Gasteiger partial charge on any atom is 0.265 e. The van der Waals surface area contributed by atoms with Gasteiger partial charge in [0.15, 0.2) is 17.6 Å².